The molecule has 26 heavy (non-hydrogen) atoms. The van der Waals surface area contributed by atoms with Crippen molar-refractivity contribution < 1.29 is 18.7 Å². The number of benzene rings is 2. The van der Waals surface area contributed by atoms with Crippen LogP contribution in [0.3, 0.4) is 0 Å². The monoisotopic (exact) mass is 357 g/mol. The second-order valence-corrected chi connectivity index (χ2v) is 6.79. The highest BCUT2D eigenvalue weighted by Crippen LogP contribution is 2.19. The topological polar surface area (TPSA) is 38.8 Å². The molecule has 0 aliphatic carbocycles. The third-order valence-electron chi connectivity index (χ3n) is 4.50. The number of amides is 1. The van der Waals surface area contributed by atoms with Gasteiger partial charge in [-0.2, -0.15) is 0 Å². The van der Waals surface area contributed by atoms with Gasteiger partial charge in [0.2, 0.25) is 0 Å². The fourth-order valence-corrected chi connectivity index (χ4v) is 2.92. The van der Waals surface area contributed by atoms with Crippen LogP contribution >= 0.6 is 0 Å². The van der Waals surface area contributed by atoms with Gasteiger partial charge in [-0.05, 0) is 47.9 Å². The van der Waals surface area contributed by atoms with E-state index in [1.807, 2.05) is 12.1 Å². The van der Waals surface area contributed by atoms with Gasteiger partial charge in [-0.3, -0.25) is 4.79 Å². The van der Waals surface area contributed by atoms with Gasteiger partial charge in [-0.15, -0.1) is 0 Å². The molecule has 0 saturated carbocycles. The number of nitrogens with zero attached hydrogens (tertiary/aromatic N) is 1. The van der Waals surface area contributed by atoms with E-state index in [-0.39, 0.29) is 17.8 Å². The minimum absolute atomic E-state index is 0.111. The molecule has 3 rings (SSSR count). The molecular formula is C21H24FNO3. The number of morpholine rings is 1. The summed E-state index contributed by atoms with van der Waals surface area (Å²) in [5, 5.41) is 0. The van der Waals surface area contributed by atoms with E-state index in [1.54, 1.807) is 4.90 Å². The van der Waals surface area contributed by atoms with Crippen LogP contribution in [0.5, 0.6) is 5.75 Å². The maximum atomic E-state index is 13.0. The van der Waals surface area contributed by atoms with E-state index in [2.05, 4.69) is 26.0 Å². The van der Waals surface area contributed by atoms with E-state index in [0.717, 1.165) is 5.75 Å². The van der Waals surface area contributed by atoms with Crippen molar-refractivity contribution in [2.24, 2.45) is 0 Å². The molecule has 0 unspecified atom stereocenters. The first-order chi connectivity index (χ1) is 12.5. The van der Waals surface area contributed by atoms with E-state index in [9.17, 15) is 9.18 Å². The molecule has 138 valence electrons. The molecule has 2 aromatic carbocycles. The van der Waals surface area contributed by atoms with Crippen LogP contribution in [0.4, 0.5) is 4.39 Å². The van der Waals surface area contributed by atoms with Gasteiger partial charge in [0.05, 0.1) is 13.2 Å². The Hall–Kier alpha value is -2.40. The molecule has 5 heteroatoms. The van der Waals surface area contributed by atoms with Gasteiger partial charge < -0.3 is 14.4 Å². The smallest absolute Gasteiger partial charge is 0.254 e. The first kappa shape index (κ1) is 18.4. The fourth-order valence-electron chi connectivity index (χ4n) is 2.92. The SMILES string of the molecule is CC(C)c1ccc(OC[C@@H]2CN(C(=O)c3ccc(F)cc3)CCO2)cc1. The number of ether oxygens (including phenoxy) is 2. The number of rotatable bonds is 5. The lowest BCUT2D eigenvalue weighted by Crippen LogP contribution is -2.47. The van der Waals surface area contributed by atoms with Gasteiger partial charge in [0.25, 0.3) is 5.91 Å². The summed E-state index contributed by atoms with van der Waals surface area (Å²) >= 11 is 0. The zero-order chi connectivity index (χ0) is 18.5. The molecule has 1 aliphatic heterocycles. The lowest BCUT2D eigenvalue weighted by atomic mass is 10.0. The van der Waals surface area contributed by atoms with Gasteiger partial charge in [-0.1, -0.05) is 26.0 Å². The normalized spacial score (nSPS) is 17.4. The Morgan fingerprint density at radius 2 is 1.88 bits per heavy atom. The van der Waals surface area contributed by atoms with Crippen LogP contribution in [0.2, 0.25) is 0 Å². The highest BCUT2D eigenvalue weighted by Gasteiger charge is 2.25. The highest BCUT2D eigenvalue weighted by atomic mass is 19.1. The Morgan fingerprint density at radius 3 is 2.54 bits per heavy atom. The lowest BCUT2D eigenvalue weighted by molar-refractivity contribution is -0.0401. The van der Waals surface area contributed by atoms with Gasteiger partial charge in [0.15, 0.2) is 0 Å². The maximum absolute atomic E-state index is 13.0. The van der Waals surface area contributed by atoms with Crippen molar-refractivity contribution in [1.29, 1.82) is 0 Å². The molecule has 1 heterocycles. The largest absolute Gasteiger partial charge is 0.491 e. The molecule has 0 N–H and O–H groups in total. The minimum atomic E-state index is -0.349. The van der Waals surface area contributed by atoms with Crippen molar-refractivity contribution in [2.75, 3.05) is 26.3 Å². The van der Waals surface area contributed by atoms with E-state index in [0.29, 0.717) is 37.8 Å². The summed E-state index contributed by atoms with van der Waals surface area (Å²) in [5.74, 6) is 0.814. The third-order valence-corrected chi connectivity index (χ3v) is 4.50. The summed E-state index contributed by atoms with van der Waals surface area (Å²) in [6, 6.07) is 13.7. The van der Waals surface area contributed by atoms with E-state index >= 15 is 0 Å². The Morgan fingerprint density at radius 1 is 1.19 bits per heavy atom. The van der Waals surface area contributed by atoms with Gasteiger partial charge in [-0.25, -0.2) is 4.39 Å². The molecule has 1 amide bonds. The third kappa shape index (κ3) is 4.61. The maximum Gasteiger partial charge on any atom is 0.254 e. The molecule has 1 atom stereocenters. The van der Waals surface area contributed by atoms with Crippen molar-refractivity contribution in [3.05, 3.63) is 65.5 Å². The van der Waals surface area contributed by atoms with Gasteiger partial charge >= 0.3 is 0 Å². The number of carbonyl (C=O) groups excluding carboxylic acids is 1. The van der Waals surface area contributed by atoms with Crippen molar-refractivity contribution >= 4 is 5.91 Å². The Bertz CT molecular complexity index is 728. The van der Waals surface area contributed by atoms with Crippen molar-refractivity contribution in [2.45, 2.75) is 25.9 Å². The van der Waals surface area contributed by atoms with E-state index in [4.69, 9.17) is 9.47 Å². The molecule has 0 bridgehead atoms. The van der Waals surface area contributed by atoms with Crippen LogP contribution in [-0.4, -0.2) is 43.2 Å². The molecule has 1 saturated heterocycles. The van der Waals surface area contributed by atoms with E-state index in [1.165, 1.54) is 29.8 Å². The van der Waals surface area contributed by atoms with Gasteiger partial charge in [0, 0.05) is 12.1 Å². The molecule has 1 aliphatic rings. The van der Waals surface area contributed by atoms with Crippen LogP contribution in [-0.2, 0) is 4.74 Å². The predicted octanol–water partition coefficient (Wildman–Crippen LogP) is 3.87. The number of halogens is 1. The summed E-state index contributed by atoms with van der Waals surface area (Å²) in [4.78, 5) is 14.3. The van der Waals surface area contributed by atoms with Crippen LogP contribution in [0, 0.1) is 5.82 Å². The quantitative estimate of drug-likeness (QED) is 0.815. The second kappa shape index (κ2) is 8.32. The molecule has 0 aromatic heterocycles. The first-order valence-electron chi connectivity index (χ1n) is 8.92. The zero-order valence-electron chi connectivity index (χ0n) is 15.2. The van der Waals surface area contributed by atoms with Crippen LogP contribution < -0.4 is 4.74 Å². The molecule has 0 spiro atoms. The first-order valence-corrected chi connectivity index (χ1v) is 8.92. The molecule has 0 radical (unpaired) electrons. The molecular weight excluding hydrogens is 333 g/mol. The Kier molecular flexibility index (Phi) is 5.89. The summed E-state index contributed by atoms with van der Waals surface area (Å²) in [5.41, 5.74) is 1.75. The van der Waals surface area contributed by atoms with E-state index < -0.39 is 0 Å². The fraction of sp³-hybridized carbons (Fsp3) is 0.381. The van der Waals surface area contributed by atoms with Crippen molar-refractivity contribution in [3.63, 3.8) is 0 Å². The Balaban J connectivity index is 1.54. The molecule has 4 nitrogen and oxygen atoms in total. The minimum Gasteiger partial charge on any atom is -0.491 e. The summed E-state index contributed by atoms with van der Waals surface area (Å²) in [6.07, 6.45) is -0.182. The molecule has 2 aromatic rings. The predicted molar refractivity (Wildman–Crippen MR) is 98.1 cm³/mol. The van der Waals surface area contributed by atoms with Gasteiger partial charge in [0.1, 0.15) is 24.3 Å². The average molecular weight is 357 g/mol. The number of hydrogen-bond acceptors (Lipinski definition) is 3. The van der Waals surface area contributed by atoms with Crippen LogP contribution in [0.25, 0.3) is 0 Å². The highest BCUT2D eigenvalue weighted by molar-refractivity contribution is 5.94. The standard InChI is InChI=1S/C21H24FNO3/c1-15(2)16-5-9-19(10-6-16)26-14-20-13-23(11-12-25-20)21(24)17-3-7-18(22)8-4-17/h3-10,15,20H,11-14H2,1-2H3/t20-/m0/s1. The van der Waals surface area contributed by atoms with Crippen LogP contribution in [0.15, 0.2) is 48.5 Å². The van der Waals surface area contributed by atoms with Crippen LogP contribution in [0.1, 0.15) is 35.7 Å². The second-order valence-electron chi connectivity index (χ2n) is 6.79. The van der Waals surface area contributed by atoms with Crippen molar-refractivity contribution in [1.82, 2.24) is 4.90 Å². The van der Waals surface area contributed by atoms with Crippen molar-refractivity contribution in [3.8, 4) is 5.75 Å². The Labute approximate surface area is 153 Å². The summed E-state index contributed by atoms with van der Waals surface area (Å²) < 4.78 is 24.6. The number of hydrogen-bond donors (Lipinski definition) is 0. The lowest BCUT2D eigenvalue weighted by Gasteiger charge is -2.33. The zero-order valence-corrected chi connectivity index (χ0v) is 15.2. The summed E-state index contributed by atoms with van der Waals surface area (Å²) in [6.45, 7) is 6.13. The number of carbonyl (C=O) groups is 1. The average Bonchev–Trinajstić information content (AvgIpc) is 2.67. The summed E-state index contributed by atoms with van der Waals surface area (Å²) in [7, 11) is 0. The molecule has 1 fully saturated rings.